The van der Waals surface area contributed by atoms with E-state index in [4.69, 9.17) is 4.98 Å². The van der Waals surface area contributed by atoms with E-state index in [1.807, 2.05) is 6.07 Å². The summed E-state index contributed by atoms with van der Waals surface area (Å²) >= 11 is 0. The predicted molar refractivity (Wildman–Crippen MR) is 274 cm³/mol. The Kier molecular flexibility index (Phi) is 15.2. The number of rotatable bonds is 9. The van der Waals surface area contributed by atoms with Crippen molar-refractivity contribution in [2.75, 3.05) is 14.1 Å². The van der Waals surface area contributed by atoms with Gasteiger partial charge in [0.1, 0.15) is 5.57 Å². The van der Waals surface area contributed by atoms with Crippen molar-refractivity contribution in [1.29, 1.82) is 0 Å². The molecule has 0 fully saturated rings. The molecule has 13 heteroatoms. The Morgan fingerprint density at radius 2 is 0.912 bits per heavy atom. The largest absolute Gasteiger partial charge is 2.00 e. The second kappa shape index (κ2) is 20.6. The summed E-state index contributed by atoms with van der Waals surface area (Å²) in [6.45, 7) is 2.21. The van der Waals surface area contributed by atoms with Gasteiger partial charge in [-0.25, -0.2) is 4.98 Å². The van der Waals surface area contributed by atoms with Crippen LogP contribution >= 0.6 is 23.7 Å². The molecule has 0 aliphatic rings. The second-order valence-electron chi connectivity index (χ2n) is 16.0. The van der Waals surface area contributed by atoms with Crippen molar-refractivity contribution >= 4 is 88.3 Å². The third-order valence-corrected chi connectivity index (χ3v) is 15.9. The van der Waals surface area contributed by atoms with Gasteiger partial charge in [-0.3, -0.25) is 4.57 Å². The number of hydrogen-bond acceptors (Lipinski definition) is 2. The van der Waals surface area contributed by atoms with E-state index in [1.54, 1.807) is 0 Å². The quantitative estimate of drug-likeness (QED) is 0.0622. The fourth-order valence-corrected chi connectivity index (χ4v) is 12.7. The molecule has 0 saturated carbocycles. The molecule has 0 N–H and O–H groups in total. The van der Waals surface area contributed by atoms with Gasteiger partial charge >= 0.3 is 53.4 Å². The molecule has 9 aromatic carbocycles. The van der Waals surface area contributed by atoms with Crippen LogP contribution in [0.25, 0.3) is 38.3 Å². The third-order valence-electron chi connectivity index (χ3n) is 11.1. The van der Waals surface area contributed by atoms with Crippen molar-refractivity contribution in [3.63, 3.8) is 0 Å². The molecule has 68 heavy (non-hydrogen) atoms. The summed E-state index contributed by atoms with van der Waals surface area (Å²) < 4.78 is 61.7. The van der Waals surface area contributed by atoms with Crippen molar-refractivity contribution < 1.29 is 45.6 Å². The molecule has 0 radical (unpaired) electrons. The summed E-state index contributed by atoms with van der Waals surface area (Å²) in [6.07, 6.45) is 0. The van der Waals surface area contributed by atoms with Gasteiger partial charge in [0.05, 0.1) is 16.7 Å². The Labute approximate surface area is 408 Å². The van der Waals surface area contributed by atoms with Crippen LogP contribution in [-0.4, -0.2) is 28.5 Å². The normalized spacial score (nSPS) is 12.9. The van der Waals surface area contributed by atoms with Crippen LogP contribution in [-0.2, 0) is 20.4 Å². The molecule has 0 unspecified atom stereocenters. The molecule has 0 amide bonds. The molecule has 348 valence electrons. The molecule has 1 heterocycles. The van der Waals surface area contributed by atoms with Gasteiger partial charge in [-0.2, -0.15) is 18.2 Å². The SMILES string of the molecule is C[C@@H](c1[c-]ccc2ccccc12)N(C)C.F[P-](F)(F)(F)(F)F.[Pd+2].c1ccc(P(c2ccccc2)c2ccc3ccccc3c2-n2c(P(c3ccccc3)c3ccccc3)nc3ccccc32)cc1. The number of benzene rings is 9. The van der Waals surface area contributed by atoms with Crippen molar-refractivity contribution in [1.82, 2.24) is 14.5 Å². The van der Waals surface area contributed by atoms with Gasteiger partial charge in [-0.05, 0) is 67.7 Å². The van der Waals surface area contributed by atoms with E-state index >= 15 is 0 Å². The zero-order valence-electron chi connectivity index (χ0n) is 37.1. The van der Waals surface area contributed by atoms with Gasteiger partial charge in [0, 0.05) is 24.7 Å². The van der Waals surface area contributed by atoms with E-state index in [1.165, 1.54) is 59.3 Å². The number of fused-ring (bicyclic) bond motifs is 3. The smallest absolute Gasteiger partial charge is 0.291 e. The Balaban J connectivity index is 0.000000246. The maximum Gasteiger partial charge on any atom is 2.00 e. The van der Waals surface area contributed by atoms with Crippen LogP contribution in [0.2, 0.25) is 0 Å². The molecule has 0 spiro atoms. The van der Waals surface area contributed by atoms with Gasteiger partial charge in [0.2, 0.25) is 0 Å². The molecule has 0 aliphatic heterocycles. The van der Waals surface area contributed by atoms with Crippen LogP contribution in [0.4, 0.5) is 25.2 Å². The minimum absolute atomic E-state index is 0. The molecule has 0 saturated heterocycles. The minimum Gasteiger partial charge on any atom is -0.291 e. The molecule has 10 aromatic rings. The van der Waals surface area contributed by atoms with Gasteiger partial charge in [0.15, 0.2) is 0 Å². The van der Waals surface area contributed by atoms with E-state index in [2.05, 4.69) is 249 Å². The van der Waals surface area contributed by atoms with Crippen molar-refractivity contribution in [2.24, 2.45) is 0 Å². The van der Waals surface area contributed by atoms with Gasteiger partial charge in [-0.1, -0.05) is 188 Å². The maximum atomic E-state index is 9.87. The summed E-state index contributed by atoms with van der Waals surface area (Å²) in [5.41, 5.74) is 5.71. The van der Waals surface area contributed by atoms with Crippen LogP contribution in [0.15, 0.2) is 218 Å². The zero-order valence-corrected chi connectivity index (χ0v) is 41.4. The topological polar surface area (TPSA) is 21.1 Å². The average Bonchev–Trinajstić information content (AvgIpc) is 3.70. The minimum atomic E-state index is -10.7. The average molecular weight is 1060 g/mol. The fourth-order valence-electron chi connectivity index (χ4n) is 7.95. The number of halogens is 6. The van der Waals surface area contributed by atoms with Gasteiger partial charge in [-0.15, -0.1) is 22.4 Å². The first-order chi connectivity index (χ1) is 32.0. The summed E-state index contributed by atoms with van der Waals surface area (Å²) in [7, 11) is -8.32. The summed E-state index contributed by atoms with van der Waals surface area (Å²) in [5, 5.41) is 11.6. The van der Waals surface area contributed by atoms with E-state index in [9.17, 15) is 25.2 Å². The first kappa shape index (κ1) is 50.3. The number of hydrogen-bond donors (Lipinski definition) is 0. The molecule has 10 rings (SSSR count). The zero-order chi connectivity index (χ0) is 47.2. The Morgan fingerprint density at radius 1 is 0.500 bits per heavy atom. The van der Waals surface area contributed by atoms with E-state index in [-0.39, 0.29) is 20.4 Å². The number of imidazole rings is 1. The molecule has 0 bridgehead atoms. The maximum absolute atomic E-state index is 10.7. The summed E-state index contributed by atoms with van der Waals surface area (Å²) in [5.74, 6) is 0. The van der Waals surface area contributed by atoms with Gasteiger partial charge < -0.3 is 4.90 Å². The summed E-state index contributed by atoms with van der Waals surface area (Å²) in [4.78, 5) is 7.70. The van der Waals surface area contributed by atoms with Crippen LogP contribution < -0.4 is 32.1 Å². The number of nitrogens with zero attached hydrogens (tertiary/aromatic N) is 3. The molecular weight excluding hydrogens is 1020 g/mol. The molecule has 0 aliphatic carbocycles. The van der Waals surface area contributed by atoms with Crippen LogP contribution in [0.5, 0.6) is 0 Å². The first-order valence-electron chi connectivity index (χ1n) is 21.4. The van der Waals surface area contributed by atoms with Crippen LogP contribution in [0, 0.1) is 6.07 Å². The van der Waals surface area contributed by atoms with Crippen molar-refractivity contribution in [3.8, 4) is 5.69 Å². The van der Waals surface area contributed by atoms with Gasteiger partial charge in [0.25, 0.3) is 0 Å². The second-order valence-corrected chi connectivity index (χ2v) is 22.2. The Bertz CT molecular complexity index is 3160. The van der Waals surface area contributed by atoms with E-state index in [0.717, 1.165) is 16.6 Å². The first-order valence-corrected chi connectivity index (χ1v) is 26.2. The Morgan fingerprint density at radius 3 is 1.41 bits per heavy atom. The summed E-state index contributed by atoms with van der Waals surface area (Å²) in [6, 6.07) is 82.3. The van der Waals surface area contributed by atoms with Crippen LogP contribution in [0.1, 0.15) is 18.5 Å². The molecular formula is C55H46F6N3P3Pd. The van der Waals surface area contributed by atoms with E-state index in [0.29, 0.717) is 6.04 Å². The molecule has 1 atom stereocenters. The molecule has 1 aromatic heterocycles. The third kappa shape index (κ3) is 12.6. The van der Waals surface area contributed by atoms with Crippen LogP contribution in [0.3, 0.4) is 0 Å². The number of para-hydroxylation sites is 2. The van der Waals surface area contributed by atoms with Crippen molar-refractivity contribution in [3.05, 3.63) is 230 Å². The Hall–Kier alpha value is -5.54. The fraction of sp³-hybridized carbons (Fsp3) is 0.0727. The number of aromatic nitrogens is 2. The predicted octanol–water partition coefficient (Wildman–Crippen LogP) is 14.3. The molecule has 3 nitrogen and oxygen atoms in total. The monoisotopic (exact) mass is 1060 g/mol. The van der Waals surface area contributed by atoms with E-state index < -0.39 is 23.7 Å². The standard InChI is InChI=1S/C41H30N2P2.C14H16N.F6P.Pd/c1-5-18-32(19-6-1)44(33-20-7-2-8-21-33)39-30-29-31-17-13-14-26-36(31)40(39)43-38-28-16-15-27-37(38)42-41(43)45(34-22-9-3-10-23-34)35-24-11-4-12-25-35;1-11(15(2)3)13-10-6-8-12-7-4-5-9-14(12)13;1-7(2,3,4,5)6;/h1-30H;4-9,11H,1-3H3;;/q;2*-1;+2/t;11-;;/m.0../s1. The van der Waals surface area contributed by atoms with Crippen molar-refractivity contribution in [2.45, 2.75) is 13.0 Å².